The molecule has 1 saturated heterocycles. The largest absolute Gasteiger partial charge is 0.310 e. The van der Waals surface area contributed by atoms with Crippen LogP contribution in [0.15, 0.2) is 30.3 Å². The summed E-state index contributed by atoms with van der Waals surface area (Å²) in [7, 11) is 0. The summed E-state index contributed by atoms with van der Waals surface area (Å²) in [5.74, 6) is 0.824. The van der Waals surface area contributed by atoms with E-state index in [-0.39, 0.29) is 5.54 Å². The van der Waals surface area contributed by atoms with Crippen LogP contribution in [0.3, 0.4) is 0 Å². The fraction of sp³-hybridized carbons (Fsp3) is 0.667. The minimum atomic E-state index is 0.175. The van der Waals surface area contributed by atoms with E-state index in [1.54, 1.807) is 0 Å². The van der Waals surface area contributed by atoms with E-state index >= 15 is 0 Å². The van der Waals surface area contributed by atoms with E-state index in [1.807, 2.05) is 0 Å². The number of nitrogens with zero attached hydrogens (tertiary/aromatic N) is 1. The van der Waals surface area contributed by atoms with Crippen LogP contribution in [0.5, 0.6) is 0 Å². The molecule has 2 atom stereocenters. The Morgan fingerprint density at radius 1 is 1.25 bits per heavy atom. The van der Waals surface area contributed by atoms with Crippen molar-refractivity contribution in [1.82, 2.24) is 10.2 Å². The van der Waals surface area contributed by atoms with Gasteiger partial charge in [-0.1, -0.05) is 37.3 Å². The molecule has 0 aliphatic carbocycles. The van der Waals surface area contributed by atoms with Crippen molar-refractivity contribution in [3.63, 3.8) is 0 Å². The van der Waals surface area contributed by atoms with Crippen LogP contribution in [0.4, 0.5) is 0 Å². The molecule has 1 aliphatic heterocycles. The number of nitrogens with one attached hydrogen (secondary N) is 1. The van der Waals surface area contributed by atoms with Crippen LogP contribution >= 0.6 is 0 Å². The molecule has 2 nitrogen and oxygen atoms in total. The van der Waals surface area contributed by atoms with E-state index in [2.05, 4.69) is 68.2 Å². The predicted octanol–water partition coefficient (Wildman–Crippen LogP) is 3.85. The molecule has 2 unspecified atom stereocenters. The van der Waals surface area contributed by atoms with Crippen LogP contribution in [0, 0.1) is 5.92 Å². The Hall–Kier alpha value is -0.860. The summed E-state index contributed by atoms with van der Waals surface area (Å²) < 4.78 is 0. The van der Waals surface area contributed by atoms with E-state index in [0.29, 0.717) is 6.04 Å². The fourth-order valence-electron chi connectivity index (χ4n) is 3.04. The average Bonchev–Trinajstić information content (AvgIpc) is 2.39. The summed E-state index contributed by atoms with van der Waals surface area (Å²) in [6.45, 7) is 12.6. The lowest BCUT2D eigenvalue weighted by atomic mass is 9.95. The standard InChI is InChI=1S/C18H30N2/c1-15-9-8-12-20(14-15)17(13-19-18(2,3)4)16-10-6-5-7-11-16/h5-7,10-11,15,17,19H,8-9,12-14H2,1-4H3. The molecule has 1 aliphatic rings. The van der Waals surface area contributed by atoms with E-state index in [1.165, 1.54) is 31.5 Å². The molecule has 0 aromatic heterocycles. The van der Waals surface area contributed by atoms with Crippen molar-refractivity contribution in [2.45, 2.75) is 52.1 Å². The van der Waals surface area contributed by atoms with E-state index in [9.17, 15) is 0 Å². The summed E-state index contributed by atoms with van der Waals surface area (Å²) >= 11 is 0. The van der Waals surface area contributed by atoms with Gasteiger partial charge in [-0.3, -0.25) is 4.90 Å². The third-order valence-electron chi connectivity index (χ3n) is 4.14. The van der Waals surface area contributed by atoms with Crippen LogP contribution in [-0.4, -0.2) is 30.1 Å². The molecule has 0 bridgehead atoms. The zero-order valence-corrected chi connectivity index (χ0v) is 13.5. The van der Waals surface area contributed by atoms with Gasteiger partial charge in [0.2, 0.25) is 0 Å². The van der Waals surface area contributed by atoms with Crippen molar-refractivity contribution in [3.05, 3.63) is 35.9 Å². The Bertz CT molecular complexity index is 394. The van der Waals surface area contributed by atoms with Crippen molar-refractivity contribution in [2.24, 2.45) is 5.92 Å². The van der Waals surface area contributed by atoms with Gasteiger partial charge in [-0.2, -0.15) is 0 Å². The van der Waals surface area contributed by atoms with Crippen LogP contribution in [0.25, 0.3) is 0 Å². The minimum Gasteiger partial charge on any atom is -0.310 e. The SMILES string of the molecule is CC1CCCN(C(CNC(C)(C)C)c2ccccc2)C1. The number of hydrogen-bond acceptors (Lipinski definition) is 2. The maximum Gasteiger partial charge on any atom is 0.0472 e. The first kappa shape index (κ1) is 15.5. The minimum absolute atomic E-state index is 0.175. The summed E-state index contributed by atoms with van der Waals surface area (Å²) in [6, 6.07) is 11.5. The monoisotopic (exact) mass is 274 g/mol. The van der Waals surface area contributed by atoms with Crippen molar-refractivity contribution in [1.29, 1.82) is 0 Å². The van der Waals surface area contributed by atoms with Gasteiger partial charge >= 0.3 is 0 Å². The maximum absolute atomic E-state index is 3.69. The molecule has 0 spiro atoms. The van der Waals surface area contributed by atoms with Gasteiger partial charge in [0.1, 0.15) is 0 Å². The molecule has 2 rings (SSSR count). The molecule has 1 aromatic rings. The second-order valence-electron chi connectivity index (χ2n) is 7.30. The van der Waals surface area contributed by atoms with Gasteiger partial charge in [0, 0.05) is 24.7 Å². The van der Waals surface area contributed by atoms with Crippen molar-refractivity contribution in [3.8, 4) is 0 Å². The number of piperidine rings is 1. The number of rotatable bonds is 4. The third-order valence-corrected chi connectivity index (χ3v) is 4.14. The van der Waals surface area contributed by atoms with E-state index in [0.717, 1.165) is 12.5 Å². The van der Waals surface area contributed by atoms with Crippen LogP contribution in [0.1, 0.15) is 52.1 Å². The van der Waals surface area contributed by atoms with Crippen LogP contribution in [-0.2, 0) is 0 Å². The first-order valence-electron chi connectivity index (χ1n) is 8.00. The lowest BCUT2D eigenvalue weighted by Crippen LogP contribution is -2.45. The highest BCUT2D eigenvalue weighted by atomic mass is 15.2. The molecule has 1 N–H and O–H groups in total. The molecule has 1 aromatic carbocycles. The molecular weight excluding hydrogens is 244 g/mol. The number of likely N-dealkylation sites (tertiary alicyclic amines) is 1. The van der Waals surface area contributed by atoms with Crippen molar-refractivity contribution in [2.75, 3.05) is 19.6 Å². The van der Waals surface area contributed by atoms with E-state index < -0.39 is 0 Å². The Kier molecular flexibility index (Phi) is 5.22. The highest BCUT2D eigenvalue weighted by Gasteiger charge is 2.26. The first-order chi connectivity index (χ1) is 9.46. The topological polar surface area (TPSA) is 15.3 Å². The molecule has 0 saturated carbocycles. The number of hydrogen-bond donors (Lipinski definition) is 1. The van der Waals surface area contributed by atoms with Crippen molar-refractivity contribution < 1.29 is 0 Å². The number of benzene rings is 1. The second kappa shape index (κ2) is 6.73. The Balaban J connectivity index is 2.11. The van der Waals surface area contributed by atoms with Gasteiger partial charge in [-0.15, -0.1) is 0 Å². The van der Waals surface area contributed by atoms with Crippen LogP contribution in [0.2, 0.25) is 0 Å². The molecule has 1 heterocycles. The Morgan fingerprint density at radius 3 is 2.55 bits per heavy atom. The molecule has 0 radical (unpaired) electrons. The maximum atomic E-state index is 3.69. The third kappa shape index (κ3) is 4.60. The van der Waals surface area contributed by atoms with Gasteiger partial charge in [0.05, 0.1) is 0 Å². The Labute approximate surface area is 124 Å². The molecule has 1 fully saturated rings. The predicted molar refractivity (Wildman–Crippen MR) is 86.9 cm³/mol. The normalized spacial score (nSPS) is 22.7. The smallest absolute Gasteiger partial charge is 0.0472 e. The molecule has 0 amide bonds. The molecular formula is C18H30N2. The summed E-state index contributed by atoms with van der Waals surface area (Å²) in [5, 5.41) is 3.69. The molecule has 20 heavy (non-hydrogen) atoms. The summed E-state index contributed by atoms with van der Waals surface area (Å²) in [4.78, 5) is 2.67. The average molecular weight is 274 g/mol. The van der Waals surface area contributed by atoms with Gasteiger partial charge in [0.15, 0.2) is 0 Å². The first-order valence-corrected chi connectivity index (χ1v) is 8.00. The highest BCUT2D eigenvalue weighted by molar-refractivity contribution is 5.19. The van der Waals surface area contributed by atoms with Gasteiger partial charge in [-0.05, 0) is 51.6 Å². The quantitative estimate of drug-likeness (QED) is 0.897. The second-order valence-corrected chi connectivity index (χ2v) is 7.30. The molecule has 2 heteroatoms. The fourth-order valence-corrected chi connectivity index (χ4v) is 3.04. The van der Waals surface area contributed by atoms with Crippen LogP contribution < -0.4 is 5.32 Å². The van der Waals surface area contributed by atoms with Crippen molar-refractivity contribution >= 4 is 0 Å². The lowest BCUT2D eigenvalue weighted by molar-refractivity contribution is 0.123. The summed E-state index contributed by atoms with van der Waals surface area (Å²) in [6.07, 6.45) is 2.71. The highest BCUT2D eigenvalue weighted by Crippen LogP contribution is 2.26. The zero-order valence-electron chi connectivity index (χ0n) is 13.5. The van der Waals surface area contributed by atoms with Gasteiger partial charge in [-0.25, -0.2) is 0 Å². The van der Waals surface area contributed by atoms with Gasteiger partial charge in [0.25, 0.3) is 0 Å². The van der Waals surface area contributed by atoms with E-state index in [4.69, 9.17) is 0 Å². The Morgan fingerprint density at radius 2 is 1.95 bits per heavy atom. The lowest BCUT2D eigenvalue weighted by Gasteiger charge is -2.39. The molecule has 112 valence electrons. The summed E-state index contributed by atoms with van der Waals surface area (Å²) in [5.41, 5.74) is 1.62. The van der Waals surface area contributed by atoms with Gasteiger partial charge < -0.3 is 5.32 Å². The zero-order chi connectivity index (χ0) is 14.6.